The maximum Gasteiger partial charge on any atom is 0.309 e. The molecule has 0 bridgehead atoms. The Labute approximate surface area is 311 Å². The van der Waals surface area contributed by atoms with E-state index in [-0.39, 0.29) is 57.8 Å². The fourth-order valence-electron chi connectivity index (χ4n) is 13.0. The summed E-state index contributed by atoms with van der Waals surface area (Å²) in [5.41, 5.74) is 2.11. The molecule has 288 valence electrons. The molecule has 0 aromatic carbocycles. The van der Waals surface area contributed by atoms with Crippen LogP contribution in [0.4, 0.5) is 0 Å². The molecule has 0 spiro atoms. The van der Waals surface area contributed by atoms with Crippen molar-refractivity contribution in [2.75, 3.05) is 6.54 Å². The number of allylic oxidation sites excluding steroid dienone is 2. The Morgan fingerprint density at radius 1 is 0.942 bits per heavy atom. The van der Waals surface area contributed by atoms with Gasteiger partial charge in [0.2, 0.25) is 0 Å². The zero-order valence-corrected chi connectivity index (χ0v) is 33.4. The number of carboxylic acid groups (broad SMARTS) is 1. The number of ketones is 1. The minimum atomic E-state index is -1.16. The number of aromatic nitrogens is 2. The van der Waals surface area contributed by atoms with E-state index in [0.717, 1.165) is 62.5 Å². The van der Waals surface area contributed by atoms with E-state index in [1.807, 2.05) is 6.92 Å². The molecule has 0 saturated heterocycles. The maximum atomic E-state index is 14.4. The van der Waals surface area contributed by atoms with Gasteiger partial charge in [-0.05, 0) is 124 Å². The van der Waals surface area contributed by atoms with Crippen LogP contribution in [0.15, 0.2) is 29.9 Å². The molecule has 0 amide bonds. The van der Waals surface area contributed by atoms with Crippen molar-refractivity contribution < 1.29 is 29.3 Å². The summed E-state index contributed by atoms with van der Waals surface area (Å²) in [4.78, 5) is 47.5. The number of hydrogen-bond donors (Lipinski definition) is 3. The van der Waals surface area contributed by atoms with Gasteiger partial charge in [0.15, 0.2) is 5.78 Å². The van der Waals surface area contributed by atoms with Crippen molar-refractivity contribution in [2.45, 2.75) is 145 Å². The number of aliphatic hydroxyl groups is 1. The van der Waals surface area contributed by atoms with Crippen LogP contribution in [0.25, 0.3) is 0 Å². The van der Waals surface area contributed by atoms with E-state index in [0.29, 0.717) is 24.3 Å². The monoisotopic (exact) mass is 719 g/mol. The number of hydrogen-bond acceptors (Lipinski definition) is 8. The number of ether oxygens (including phenoxy) is 1. The van der Waals surface area contributed by atoms with Crippen LogP contribution in [0.2, 0.25) is 0 Å². The molecule has 11 atom stereocenters. The Balaban J connectivity index is 1.22. The maximum absolute atomic E-state index is 14.4. The van der Waals surface area contributed by atoms with Crippen LogP contribution in [-0.2, 0) is 19.1 Å². The third kappa shape index (κ3) is 6.08. The zero-order chi connectivity index (χ0) is 38.2. The summed E-state index contributed by atoms with van der Waals surface area (Å²) in [6.07, 6.45) is 12.0. The van der Waals surface area contributed by atoms with Crippen LogP contribution in [0.5, 0.6) is 0 Å². The summed E-state index contributed by atoms with van der Waals surface area (Å²) in [6.45, 7) is 22.0. The molecule has 6 rings (SSSR count). The van der Waals surface area contributed by atoms with Gasteiger partial charge in [0.1, 0.15) is 12.4 Å². The SMILES string of the molecule is CC(C)C1=C2C(CC[C@]3(C)[C@@H]2CC[C@@H]2[C@@]4(C)CC[C@H](OC(=O)CC(C)(C)C(=O)O)C(C)(C)[C@@H]4CC[C@]23C)C([C@@H](O)CN[C@H](C)c2cncnc2)C1=O. The van der Waals surface area contributed by atoms with Crippen molar-refractivity contribution in [2.24, 2.45) is 62.6 Å². The van der Waals surface area contributed by atoms with E-state index in [9.17, 15) is 24.6 Å². The Morgan fingerprint density at radius 2 is 1.60 bits per heavy atom. The van der Waals surface area contributed by atoms with Gasteiger partial charge < -0.3 is 20.3 Å². The van der Waals surface area contributed by atoms with Crippen LogP contribution in [-0.4, -0.2) is 56.7 Å². The molecule has 0 radical (unpaired) electrons. The van der Waals surface area contributed by atoms with Crippen molar-refractivity contribution in [3.05, 3.63) is 35.4 Å². The molecule has 5 aliphatic carbocycles. The zero-order valence-electron chi connectivity index (χ0n) is 33.4. The topological polar surface area (TPSA) is 139 Å². The van der Waals surface area contributed by atoms with Crippen LogP contribution in [0.3, 0.4) is 0 Å². The van der Waals surface area contributed by atoms with Gasteiger partial charge in [0.25, 0.3) is 0 Å². The van der Waals surface area contributed by atoms with E-state index in [1.165, 1.54) is 11.9 Å². The molecule has 9 heteroatoms. The molecule has 5 aliphatic rings. The molecular weight excluding hydrogens is 654 g/mol. The number of rotatable bonds is 10. The third-order valence-electron chi connectivity index (χ3n) is 16.0. The first-order valence-electron chi connectivity index (χ1n) is 20.1. The van der Waals surface area contributed by atoms with Gasteiger partial charge in [-0.2, -0.15) is 0 Å². The Hall–Kier alpha value is -2.65. The van der Waals surface area contributed by atoms with E-state index in [1.54, 1.807) is 26.2 Å². The van der Waals surface area contributed by atoms with E-state index >= 15 is 0 Å². The molecule has 1 heterocycles. The first-order valence-corrected chi connectivity index (χ1v) is 20.1. The number of Topliss-reactive ketones (excluding diaryl/α,β-unsaturated/α-hetero) is 1. The van der Waals surface area contributed by atoms with Gasteiger partial charge >= 0.3 is 11.9 Å². The van der Waals surface area contributed by atoms with Crippen molar-refractivity contribution in [3.8, 4) is 0 Å². The lowest BCUT2D eigenvalue weighted by atomic mass is 9.33. The smallest absolute Gasteiger partial charge is 0.309 e. The van der Waals surface area contributed by atoms with Gasteiger partial charge in [-0.15, -0.1) is 0 Å². The van der Waals surface area contributed by atoms with E-state index < -0.39 is 29.4 Å². The molecule has 3 N–H and O–H groups in total. The van der Waals surface area contributed by atoms with Crippen molar-refractivity contribution in [1.29, 1.82) is 0 Å². The standard InChI is InChI=1S/C43H65N3O6/c1-24(2)34-35-27(36(37(34)49)29(47)22-46-25(3)26-20-44-23-45-21-26)13-17-42(9)28(35)11-12-31-41(8)16-15-32(52-33(48)19-39(4,5)38(50)51)40(6,7)30(41)14-18-43(31,42)10/h20-21,23-25,27-32,36,46-47H,11-19,22H2,1-10H3,(H,50,51)/t25-,27?,28-,29+,30+,31-,32+,36?,41+,42-,43-/m1/s1. The van der Waals surface area contributed by atoms with Crippen molar-refractivity contribution in [1.82, 2.24) is 15.3 Å². The number of carbonyl (C=O) groups is 3. The number of nitrogens with zero attached hydrogens (tertiary/aromatic N) is 2. The minimum absolute atomic E-state index is 0.0337. The fraction of sp³-hybridized carbons (Fsp3) is 0.791. The Kier molecular flexibility index (Phi) is 10.2. The lowest BCUT2D eigenvalue weighted by Gasteiger charge is -2.71. The highest BCUT2D eigenvalue weighted by Crippen LogP contribution is 2.75. The number of esters is 1. The van der Waals surface area contributed by atoms with Crippen LogP contribution in [0, 0.1) is 62.6 Å². The largest absolute Gasteiger partial charge is 0.481 e. The third-order valence-corrected chi connectivity index (χ3v) is 16.0. The number of nitrogens with one attached hydrogen (secondary N) is 1. The van der Waals surface area contributed by atoms with Crippen molar-refractivity contribution in [3.63, 3.8) is 0 Å². The van der Waals surface area contributed by atoms with E-state index in [4.69, 9.17) is 4.74 Å². The summed E-state index contributed by atoms with van der Waals surface area (Å²) >= 11 is 0. The predicted octanol–water partition coefficient (Wildman–Crippen LogP) is 7.74. The number of fused-ring (bicyclic) bond motifs is 7. The Morgan fingerprint density at radius 3 is 2.23 bits per heavy atom. The molecule has 0 aliphatic heterocycles. The van der Waals surface area contributed by atoms with Gasteiger partial charge in [0.05, 0.1) is 23.9 Å². The van der Waals surface area contributed by atoms with Crippen molar-refractivity contribution >= 4 is 17.7 Å². The highest BCUT2D eigenvalue weighted by atomic mass is 16.5. The summed E-state index contributed by atoms with van der Waals surface area (Å²) in [5.74, 6) is -0.265. The average molecular weight is 720 g/mol. The van der Waals surface area contributed by atoms with Gasteiger partial charge in [-0.3, -0.25) is 14.4 Å². The summed E-state index contributed by atoms with van der Waals surface area (Å²) in [7, 11) is 0. The second kappa shape index (κ2) is 13.6. The molecule has 4 fully saturated rings. The summed E-state index contributed by atoms with van der Waals surface area (Å²) in [6, 6.07) is -0.0399. The molecule has 1 aromatic rings. The first kappa shape index (κ1) is 39.1. The minimum Gasteiger partial charge on any atom is -0.481 e. The number of carboxylic acids is 1. The Bertz CT molecular complexity index is 1590. The molecule has 1 aromatic heterocycles. The average Bonchev–Trinajstić information content (AvgIpc) is 3.37. The van der Waals surface area contributed by atoms with Crippen LogP contribution < -0.4 is 5.32 Å². The summed E-state index contributed by atoms with van der Waals surface area (Å²) < 4.78 is 6.16. The lowest BCUT2D eigenvalue weighted by molar-refractivity contribution is -0.232. The molecular formula is C43H65N3O6. The highest BCUT2D eigenvalue weighted by molar-refractivity contribution is 6.02. The number of carbonyl (C=O) groups excluding carboxylic acids is 2. The first-order chi connectivity index (χ1) is 24.2. The quantitative estimate of drug-likeness (QED) is 0.207. The molecule has 9 nitrogen and oxygen atoms in total. The number of aliphatic carboxylic acids is 1. The van der Waals surface area contributed by atoms with Gasteiger partial charge in [0, 0.05) is 36.0 Å². The highest BCUT2D eigenvalue weighted by Gasteiger charge is 2.69. The van der Waals surface area contributed by atoms with Gasteiger partial charge in [-0.25, -0.2) is 9.97 Å². The fourth-order valence-corrected chi connectivity index (χ4v) is 13.0. The van der Waals surface area contributed by atoms with Gasteiger partial charge in [-0.1, -0.05) is 54.0 Å². The molecule has 52 heavy (non-hydrogen) atoms. The molecule has 4 saturated carbocycles. The second-order valence-electron chi connectivity index (χ2n) is 19.7. The molecule has 2 unspecified atom stereocenters. The number of aliphatic hydroxyl groups excluding tert-OH is 1. The van der Waals surface area contributed by atoms with E-state index in [2.05, 4.69) is 63.8 Å². The normalized spacial score (nSPS) is 38.1. The van der Waals surface area contributed by atoms with Crippen LogP contribution in [0.1, 0.15) is 139 Å². The lowest BCUT2D eigenvalue weighted by Crippen LogP contribution is -2.65. The second-order valence-corrected chi connectivity index (χ2v) is 19.7. The van der Waals surface area contributed by atoms with Crippen LogP contribution >= 0.6 is 0 Å². The summed E-state index contributed by atoms with van der Waals surface area (Å²) in [5, 5.41) is 24.8. The predicted molar refractivity (Wildman–Crippen MR) is 200 cm³/mol.